The summed E-state index contributed by atoms with van der Waals surface area (Å²) in [6.07, 6.45) is 1.10. The molecule has 0 bridgehead atoms. The molecule has 0 aliphatic heterocycles. The number of carbonyl (C=O) groups excluding carboxylic acids is 2. The summed E-state index contributed by atoms with van der Waals surface area (Å²) in [5.41, 5.74) is 0. The van der Waals surface area contributed by atoms with Gasteiger partial charge in [-0.2, -0.15) is 0 Å². The molecule has 4 heteroatoms. The third kappa shape index (κ3) is 23.4. The second kappa shape index (κ2) is 9.68. The molecule has 0 aliphatic rings. The molecule has 0 atom stereocenters. The lowest BCUT2D eigenvalue weighted by Gasteiger charge is -1.89. The van der Waals surface area contributed by atoms with Crippen LogP contribution in [-0.4, -0.2) is 18.5 Å². The highest BCUT2D eigenvalue weighted by Crippen LogP contribution is 1.70. The molecule has 0 saturated heterocycles. The van der Waals surface area contributed by atoms with Crippen molar-refractivity contribution in [2.45, 2.75) is 20.8 Å². The van der Waals surface area contributed by atoms with Crippen molar-refractivity contribution in [3.8, 4) is 0 Å². The van der Waals surface area contributed by atoms with Gasteiger partial charge >= 0.3 is 11.9 Å². The summed E-state index contributed by atoms with van der Waals surface area (Å²) in [5, 5.41) is 0. The Kier molecular flexibility index (Phi) is 10.7. The molecule has 0 fully saturated rings. The molecule has 0 aliphatic carbocycles. The average Bonchev–Trinajstić information content (AvgIpc) is 1.87. The fraction of sp³-hybridized carbons (Fsp3) is 0.500. The Morgan fingerprint density at radius 1 is 1.33 bits per heavy atom. The average molecular weight is 174 g/mol. The summed E-state index contributed by atoms with van der Waals surface area (Å²) >= 11 is 0. The van der Waals surface area contributed by atoms with Crippen LogP contribution in [0.4, 0.5) is 0 Å². The maximum absolute atomic E-state index is 9.82. The highest BCUT2D eigenvalue weighted by atomic mass is 16.5. The SMILES string of the molecule is C=COC(C)=O.CCOC(C)=O. The van der Waals surface area contributed by atoms with Crippen molar-refractivity contribution in [1.29, 1.82) is 0 Å². The molecular weight excluding hydrogens is 160 g/mol. The summed E-state index contributed by atoms with van der Waals surface area (Å²) < 4.78 is 8.57. The minimum Gasteiger partial charge on any atom is -0.466 e. The van der Waals surface area contributed by atoms with E-state index in [1.807, 2.05) is 0 Å². The van der Waals surface area contributed by atoms with Crippen LogP contribution >= 0.6 is 0 Å². The third-order valence-electron chi connectivity index (χ3n) is 0.597. The quantitative estimate of drug-likeness (QED) is 0.467. The number of hydrogen-bond acceptors (Lipinski definition) is 4. The van der Waals surface area contributed by atoms with Crippen molar-refractivity contribution in [1.82, 2.24) is 0 Å². The Morgan fingerprint density at radius 2 is 1.83 bits per heavy atom. The van der Waals surface area contributed by atoms with E-state index in [4.69, 9.17) is 0 Å². The highest BCUT2D eigenvalue weighted by Gasteiger charge is 1.81. The van der Waals surface area contributed by atoms with Gasteiger partial charge in [0.1, 0.15) is 0 Å². The Labute approximate surface area is 72.2 Å². The number of esters is 2. The molecule has 0 unspecified atom stereocenters. The summed E-state index contributed by atoms with van der Waals surface area (Å²) in [4.78, 5) is 19.6. The van der Waals surface area contributed by atoms with Crippen molar-refractivity contribution < 1.29 is 19.1 Å². The first-order chi connectivity index (χ1) is 5.54. The van der Waals surface area contributed by atoms with E-state index in [2.05, 4.69) is 16.1 Å². The molecule has 70 valence electrons. The Bertz CT molecular complexity index is 151. The van der Waals surface area contributed by atoms with Crippen molar-refractivity contribution in [2.75, 3.05) is 6.61 Å². The minimum atomic E-state index is -0.329. The zero-order valence-corrected chi connectivity index (χ0v) is 7.62. The molecule has 0 N–H and O–H groups in total. The maximum atomic E-state index is 9.82. The zero-order chi connectivity index (χ0) is 9.98. The van der Waals surface area contributed by atoms with Crippen LogP contribution in [0.25, 0.3) is 0 Å². The molecule has 0 rings (SSSR count). The zero-order valence-electron chi connectivity index (χ0n) is 7.62. The maximum Gasteiger partial charge on any atom is 0.307 e. The molecular formula is C8H14O4. The van der Waals surface area contributed by atoms with Crippen LogP contribution in [-0.2, 0) is 19.1 Å². The smallest absolute Gasteiger partial charge is 0.307 e. The standard InChI is InChI=1S/C4H8O2.C4H6O2/c2*1-3-6-4(2)5/h3H2,1-2H3;3H,1H2,2H3. The minimum absolute atomic E-state index is 0.211. The van der Waals surface area contributed by atoms with Crippen LogP contribution in [0.1, 0.15) is 20.8 Å². The van der Waals surface area contributed by atoms with E-state index >= 15 is 0 Å². The van der Waals surface area contributed by atoms with Crippen LogP contribution in [0, 0.1) is 0 Å². The van der Waals surface area contributed by atoms with E-state index in [9.17, 15) is 9.59 Å². The number of hydrogen-bond donors (Lipinski definition) is 0. The van der Waals surface area contributed by atoms with Gasteiger partial charge in [-0.1, -0.05) is 6.58 Å². The number of ether oxygens (including phenoxy) is 2. The van der Waals surface area contributed by atoms with Crippen LogP contribution in [0.3, 0.4) is 0 Å². The van der Waals surface area contributed by atoms with Crippen molar-refractivity contribution in [3.05, 3.63) is 12.8 Å². The normalized spacial score (nSPS) is 7.25. The van der Waals surface area contributed by atoms with Gasteiger partial charge in [-0.15, -0.1) is 0 Å². The van der Waals surface area contributed by atoms with E-state index < -0.39 is 0 Å². The first-order valence-corrected chi connectivity index (χ1v) is 3.46. The van der Waals surface area contributed by atoms with Gasteiger partial charge in [0.25, 0.3) is 0 Å². The molecule has 4 nitrogen and oxygen atoms in total. The van der Waals surface area contributed by atoms with E-state index in [1.165, 1.54) is 13.8 Å². The first kappa shape index (κ1) is 13.3. The number of rotatable bonds is 2. The third-order valence-corrected chi connectivity index (χ3v) is 0.597. The van der Waals surface area contributed by atoms with Crippen LogP contribution in [0.2, 0.25) is 0 Å². The summed E-state index contributed by atoms with van der Waals surface area (Å²) in [7, 11) is 0. The summed E-state index contributed by atoms with van der Waals surface area (Å²) in [6.45, 7) is 8.13. The van der Waals surface area contributed by atoms with Gasteiger partial charge < -0.3 is 9.47 Å². The monoisotopic (exact) mass is 174 g/mol. The molecule has 12 heavy (non-hydrogen) atoms. The first-order valence-electron chi connectivity index (χ1n) is 3.46. The molecule has 0 spiro atoms. The fourth-order valence-electron chi connectivity index (χ4n) is 0.321. The Hall–Kier alpha value is -1.32. The predicted molar refractivity (Wildman–Crippen MR) is 44.3 cm³/mol. The lowest BCUT2D eigenvalue weighted by atomic mass is 10.8. The van der Waals surface area contributed by atoms with Gasteiger partial charge in [-0.3, -0.25) is 9.59 Å². The Balaban J connectivity index is 0. The molecule has 0 aromatic heterocycles. The van der Waals surface area contributed by atoms with Crippen LogP contribution < -0.4 is 0 Å². The van der Waals surface area contributed by atoms with Crippen molar-refractivity contribution >= 4 is 11.9 Å². The van der Waals surface area contributed by atoms with E-state index in [0.29, 0.717) is 6.61 Å². The van der Waals surface area contributed by atoms with Crippen LogP contribution in [0.5, 0.6) is 0 Å². The fourth-order valence-corrected chi connectivity index (χ4v) is 0.321. The van der Waals surface area contributed by atoms with Crippen molar-refractivity contribution in [2.24, 2.45) is 0 Å². The molecule has 0 radical (unpaired) electrons. The largest absolute Gasteiger partial charge is 0.466 e. The van der Waals surface area contributed by atoms with Gasteiger partial charge in [-0.25, -0.2) is 0 Å². The van der Waals surface area contributed by atoms with Gasteiger partial charge in [0.05, 0.1) is 12.9 Å². The van der Waals surface area contributed by atoms with Crippen LogP contribution in [0.15, 0.2) is 12.8 Å². The molecule has 0 heterocycles. The molecule has 0 amide bonds. The van der Waals surface area contributed by atoms with Gasteiger partial charge in [0.15, 0.2) is 0 Å². The molecule has 0 aromatic carbocycles. The molecule has 0 saturated carbocycles. The lowest BCUT2D eigenvalue weighted by Crippen LogP contribution is -1.95. The second-order valence-electron chi connectivity index (χ2n) is 1.70. The lowest BCUT2D eigenvalue weighted by molar-refractivity contribution is -0.140. The van der Waals surface area contributed by atoms with E-state index in [-0.39, 0.29) is 11.9 Å². The number of carbonyl (C=O) groups is 2. The summed E-state index contributed by atoms with van der Waals surface area (Å²) in [6, 6.07) is 0. The predicted octanol–water partition coefficient (Wildman–Crippen LogP) is 1.26. The van der Waals surface area contributed by atoms with E-state index in [1.54, 1.807) is 6.92 Å². The van der Waals surface area contributed by atoms with Gasteiger partial charge in [0.2, 0.25) is 0 Å². The second-order valence-corrected chi connectivity index (χ2v) is 1.70. The summed E-state index contributed by atoms with van der Waals surface area (Å²) in [5.74, 6) is -0.539. The van der Waals surface area contributed by atoms with Gasteiger partial charge in [0, 0.05) is 13.8 Å². The van der Waals surface area contributed by atoms with Crippen molar-refractivity contribution in [3.63, 3.8) is 0 Å². The molecule has 0 aromatic rings. The van der Waals surface area contributed by atoms with E-state index in [0.717, 1.165) is 6.26 Å². The van der Waals surface area contributed by atoms with Gasteiger partial charge in [-0.05, 0) is 6.92 Å². The highest BCUT2D eigenvalue weighted by molar-refractivity contribution is 5.66. The topological polar surface area (TPSA) is 52.6 Å². The Morgan fingerprint density at radius 3 is 1.83 bits per heavy atom.